The number of thiophene rings is 1. The number of amides is 2. The second-order valence-corrected chi connectivity index (χ2v) is 10.2. The number of halogens is 4. The van der Waals surface area contributed by atoms with Crippen LogP contribution < -0.4 is 4.90 Å². The summed E-state index contributed by atoms with van der Waals surface area (Å²) >= 11 is 7.44. The maximum atomic E-state index is 13.8. The van der Waals surface area contributed by atoms with Crippen molar-refractivity contribution in [2.24, 2.45) is 11.8 Å². The Bertz CT molecular complexity index is 1450. The van der Waals surface area contributed by atoms with Gasteiger partial charge in [0, 0.05) is 6.20 Å². The molecule has 0 saturated carbocycles. The van der Waals surface area contributed by atoms with Gasteiger partial charge in [0.1, 0.15) is 6.04 Å². The van der Waals surface area contributed by atoms with Crippen molar-refractivity contribution in [3.8, 4) is 0 Å². The van der Waals surface area contributed by atoms with E-state index in [9.17, 15) is 27.6 Å². The molecular formula is C26H16ClF3N2O3S. The predicted molar refractivity (Wildman–Crippen MR) is 128 cm³/mol. The molecule has 0 spiro atoms. The molecule has 2 saturated heterocycles. The van der Waals surface area contributed by atoms with Gasteiger partial charge in [-0.15, -0.1) is 11.3 Å². The molecule has 0 unspecified atom stereocenters. The highest BCUT2D eigenvalue weighted by atomic mass is 35.5. The van der Waals surface area contributed by atoms with Gasteiger partial charge in [0.2, 0.25) is 11.8 Å². The maximum Gasteiger partial charge on any atom is 0.416 e. The first kappa shape index (κ1) is 23.0. The van der Waals surface area contributed by atoms with Crippen LogP contribution in [0.5, 0.6) is 0 Å². The number of carbonyl (C=O) groups excluding carboxylic acids is 3. The van der Waals surface area contributed by atoms with Crippen molar-refractivity contribution in [1.82, 2.24) is 4.90 Å². The van der Waals surface area contributed by atoms with Crippen LogP contribution in [0.1, 0.15) is 32.4 Å². The van der Waals surface area contributed by atoms with E-state index in [1.165, 1.54) is 11.3 Å². The first-order chi connectivity index (χ1) is 17.2. The average molecular weight is 529 g/mol. The summed E-state index contributed by atoms with van der Waals surface area (Å²) < 4.78 is 40.3. The molecule has 3 aliphatic rings. The Morgan fingerprint density at radius 3 is 2.44 bits per heavy atom. The Morgan fingerprint density at radius 2 is 1.72 bits per heavy atom. The van der Waals surface area contributed by atoms with Crippen molar-refractivity contribution in [2.45, 2.75) is 18.3 Å². The third-order valence-electron chi connectivity index (χ3n) is 7.01. The number of hydrogen-bond acceptors (Lipinski definition) is 5. The monoisotopic (exact) mass is 528 g/mol. The lowest BCUT2D eigenvalue weighted by Gasteiger charge is -2.35. The molecule has 4 heterocycles. The van der Waals surface area contributed by atoms with Crippen molar-refractivity contribution in [1.29, 1.82) is 0 Å². The van der Waals surface area contributed by atoms with E-state index < -0.39 is 47.5 Å². The number of hydrogen-bond donors (Lipinski definition) is 0. The van der Waals surface area contributed by atoms with Crippen LogP contribution in [0.4, 0.5) is 18.9 Å². The summed E-state index contributed by atoms with van der Waals surface area (Å²) in [5, 5.41) is 1.58. The maximum absolute atomic E-state index is 13.8. The molecular weight excluding hydrogens is 513 g/mol. The van der Waals surface area contributed by atoms with Crippen LogP contribution in [-0.4, -0.2) is 28.5 Å². The van der Waals surface area contributed by atoms with Gasteiger partial charge in [-0.1, -0.05) is 41.9 Å². The molecule has 0 N–H and O–H groups in total. The number of rotatable bonds is 3. The molecule has 5 nitrogen and oxygen atoms in total. The van der Waals surface area contributed by atoms with E-state index in [0.717, 1.165) is 28.2 Å². The molecule has 2 aromatic carbocycles. The molecule has 0 aliphatic carbocycles. The fraction of sp³-hybridized carbons (Fsp3) is 0.192. The highest BCUT2D eigenvalue weighted by molar-refractivity contribution is 7.12. The van der Waals surface area contributed by atoms with E-state index in [2.05, 4.69) is 0 Å². The number of ketones is 1. The van der Waals surface area contributed by atoms with Crippen molar-refractivity contribution in [2.75, 3.05) is 4.90 Å². The number of anilines is 1. The lowest BCUT2D eigenvalue weighted by Crippen LogP contribution is -2.44. The third-order valence-corrected chi connectivity index (χ3v) is 8.21. The molecule has 2 fully saturated rings. The Labute approximate surface area is 212 Å². The van der Waals surface area contributed by atoms with Crippen LogP contribution in [0.2, 0.25) is 5.02 Å². The van der Waals surface area contributed by atoms with Gasteiger partial charge in [-0.25, -0.2) is 4.90 Å². The standard InChI is InChI=1S/C26H16ClF3N2O3S/c27-16-8-7-14(26(28,29)30)12-17(16)32-24(34)19-20(25(32)35)22(23(33)18-6-3-11-36-18)31-10-9-13-4-1-2-5-15(13)21(19)31/h1-12,19-22H/t19-,20+,21+,22-/m0/s1. The third kappa shape index (κ3) is 3.26. The molecule has 10 heteroatoms. The van der Waals surface area contributed by atoms with Crippen molar-refractivity contribution in [3.05, 3.63) is 92.8 Å². The summed E-state index contributed by atoms with van der Waals surface area (Å²) in [4.78, 5) is 44.2. The van der Waals surface area contributed by atoms with Crippen molar-refractivity contribution >= 4 is 52.3 Å². The Morgan fingerprint density at radius 1 is 0.972 bits per heavy atom. The van der Waals surface area contributed by atoms with Crippen LogP contribution in [-0.2, 0) is 15.8 Å². The number of nitrogens with zero attached hydrogens (tertiary/aromatic N) is 2. The number of Topliss-reactive ketones (excluding diaryl/α,β-unsaturated/α-hetero) is 1. The van der Waals surface area contributed by atoms with Gasteiger partial charge in [0.15, 0.2) is 5.78 Å². The number of benzene rings is 2. The zero-order valence-corrected chi connectivity index (χ0v) is 19.8. The van der Waals surface area contributed by atoms with Crippen LogP contribution in [0, 0.1) is 11.8 Å². The molecule has 6 rings (SSSR count). The smallest absolute Gasteiger partial charge is 0.358 e. The van der Waals surface area contributed by atoms with Gasteiger partial charge in [-0.3, -0.25) is 14.4 Å². The summed E-state index contributed by atoms with van der Waals surface area (Å²) in [6.45, 7) is 0. The van der Waals surface area contributed by atoms with Crippen LogP contribution in [0.15, 0.2) is 66.2 Å². The van der Waals surface area contributed by atoms with Gasteiger partial charge >= 0.3 is 6.18 Å². The molecule has 1 aromatic heterocycles. The van der Waals surface area contributed by atoms with Gasteiger partial charge in [0.05, 0.1) is 39.0 Å². The first-order valence-corrected chi connectivity index (χ1v) is 12.3. The van der Waals surface area contributed by atoms with Gasteiger partial charge in [0.25, 0.3) is 0 Å². The SMILES string of the molecule is O=C(c1cccs1)[C@@H]1[C@@H]2C(=O)N(c3cc(C(F)(F)F)ccc3Cl)C(=O)[C@@H]2[C@H]2c3ccccc3C=CN12. The Kier molecular flexibility index (Phi) is 5.14. The summed E-state index contributed by atoms with van der Waals surface area (Å²) in [7, 11) is 0. The lowest BCUT2D eigenvalue weighted by molar-refractivity contribution is -0.137. The van der Waals surface area contributed by atoms with E-state index in [1.54, 1.807) is 28.6 Å². The van der Waals surface area contributed by atoms with Gasteiger partial charge in [-0.2, -0.15) is 13.2 Å². The molecule has 3 aromatic rings. The molecule has 0 radical (unpaired) electrons. The zero-order chi connectivity index (χ0) is 25.4. The normalized spacial score (nSPS) is 24.7. The van der Waals surface area contributed by atoms with Crippen molar-refractivity contribution in [3.63, 3.8) is 0 Å². The second kappa shape index (κ2) is 8.04. The quantitative estimate of drug-likeness (QED) is 0.317. The number of carbonyl (C=O) groups is 3. The van der Waals surface area contributed by atoms with E-state index in [-0.39, 0.29) is 16.5 Å². The summed E-state index contributed by atoms with van der Waals surface area (Å²) in [6, 6.07) is 11.6. The number of alkyl halides is 3. The molecule has 4 atom stereocenters. The molecule has 3 aliphatic heterocycles. The Balaban J connectivity index is 1.51. The lowest BCUT2D eigenvalue weighted by atomic mass is 9.84. The van der Waals surface area contributed by atoms with Crippen LogP contribution in [0.25, 0.3) is 6.08 Å². The Hall–Kier alpha value is -3.43. The fourth-order valence-corrected chi connectivity index (χ4v) is 6.42. The largest absolute Gasteiger partial charge is 0.416 e. The molecule has 36 heavy (non-hydrogen) atoms. The topological polar surface area (TPSA) is 57.7 Å². The highest BCUT2D eigenvalue weighted by Gasteiger charge is 2.64. The minimum Gasteiger partial charge on any atom is -0.358 e. The zero-order valence-electron chi connectivity index (χ0n) is 18.3. The minimum atomic E-state index is -4.69. The van der Waals surface area contributed by atoms with E-state index in [0.29, 0.717) is 10.9 Å². The molecule has 0 bridgehead atoms. The predicted octanol–water partition coefficient (Wildman–Crippen LogP) is 5.82. The van der Waals surface area contributed by atoms with Gasteiger partial charge in [-0.05, 0) is 46.8 Å². The van der Waals surface area contributed by atoms with E-state index in [4.69, 9.17) is 11.6 Å². The molecule has 2 amide bonds. The summed E-state index contributed by atoms with van der Waals surface area (Å²) in [6.07, 6.45) is -1.13. The highest BCUT2D eigenvalue weighted by Crippen LogP contribution is 2.54. The first-order valence-electron chi connectivity index (χ1n) is 11.1. The second-order valence-electron chi connectivity index (χ2n) is 8.85. The van der Waals surface area contributed by atoms with Crippen LogP contribution >= 0.6 is 22.9 Å². The minimum absolute atomic E-state index is 0.161. The van der Waals surface area contributed by atoms with E-state index in [1.807, 2.05) is 30.3 Å². The summed E-state index contributed by atoms with van der Waals surface area (Å²) in [5.74, 6) is -3.78. The fourth-order valence-electron chi connectivity index (χ4n) is 5.52. The number of fused-ring (bicyclic) bond motifs is 5. The van der Waals surface area contributed by atoms with E-state index >= 15 is 0 Å². The van der Waals surface area contributed by atoms with Crippen molar-refractivity contribution < 1.29 is 27.6 Å². The number of imide groups is 1. The molecule has 182 valence electrons. The summed E-state index contributed by atoms with van der Waals surface area (Å²) in [5.41, 5.74) is 0.259. The van der Waals surface area contributed by atoms with Crippen LogP contribution in [0.3, 0.4) is 0 Å². The average Bonchev–Trinajstić information content (AvgIpc) is 3.55. The van der Waals surface area contributed by atoms with Gasteiger partial charge < -0.3 is 4.90 Å².